The van der Waals surface area contributed by atoms with Crippen molar-refractivity contribution in [3.8, 4) is 5.75 Å². The van der Waals surface area contributed by atoms with Gasteiger partial charge >= 0.3 is 0 Å². The van der Waals surface area contributed by atoms with Crippen LogP contribution in [0.1, 0.15) is 49.8 Å². The fourth-order valence-electron chi connectivity index (χ4n) is 2.43. The first-order valence-electron chi connectivity index (χ1n) is 7.77. The van der Waals surface area contributed by atoms with Gasteiger partial charge < -0.3 is 9.84 Å². The van der Waals surface area contributed by atoms with Crippen LogP contribution in [0.2, 0.25) is 0 Å². The third-order valence-corrected chi connectivity index (χ3v) is 3.60. The Kier molecular flexibility index (Phi) is 6.29. The minimum Gasteiger partial charge on any atom is -0.508 e. The van der Waals surface area contributed by atoms with E-state index >= 15 is 0 Å². The molecule has 2 nitrogen and oxygen atoms in total. The van der Waals surface area contributed by atoms with Crippen molar-refractivity contribution in [2.45, 2.75) is 38.7 Å². The second-order valence-corrected chi connectivity index (χ2v) is 5.28. The smallest absolute Gasteiger partial charge is 0.121 e. The van der Waals surface area contributed by atoms with E-state index < -0.39 is 0 Å². The van der Waals surface area contributed by atoms with Gasteiger partial charge in [-0.25, -0.2) is 0 Å². The summed E-state index contributed by atoms with van der Waals surface area (Å²) < 4.78 is 6.08. The van der Waals surface area contributed by atoms with Crippen LogP contribution in [0.25, 0.3) is 0 Å². The molecular formula is C19H24O2. The molecule has 2 rings (SSSR count). The standard InChI is InChI=1S/C19H24O2/c1-2-3-4-10-15-21-19(16-11-6-5-7-12-16)17-13-8-9-14-18(17)20/h5-9,11-14,19-20H,2-4,10,15H2,1H3. The molecule has 2 aromatic rings. The van der Waals surface area contributed by atoms with Crippen molar-refractivity contribution in [2.24, 2.45) is 0 Å². The Labute approximate surface area is 127 Å². The molecule has 112 valence electrons. The van der Waals surface area contributed by atoms with Crippen LogP contribution in [0, 0.1) is 0 Å². The highest BCUT2D eigenvalue weighted by atomic mass is 16.5. The summed E-state index contributed by atoms with van der Waals surface area (Å²) in [6.07, 6.45) is 4.52. The normalized spacial score (nSPS) is 12.2. The molecule has 0 saturated carbocycles. The van der Waals surface area contributed by atoms with E-state index in [0.29, 0.717) is 12.4 Å². The molecule has 0 radical (unpaired) electrons. The van der Waals surface area contributed by atoms with Crippen molar-refractivity contribution in [2.75, 3.05) is 6.61 Å². The predicted octanol–water partition coefficient (Wildman–Crippen LogP) is 5.08. The van der Waals surface area contributed by atoms with Gasteiger partial charge in [0.2, 0.25) is 0 Å². The number of unbranched alkanes of at least 4 members (excludes halogenated alkanes) is 3. The van der Waals surface area contributed by atoms with Crippen LogP contribution in [0.4, 0.5) is 0 Å². The zero-order valence-corrected chi connectivity index (χ0v) is 12.7. The predicted molar refractivity (Wildman–Crippen MR) is 86.5 cm³/mol. The SMILES string of the molecule is CCCCCCOC(c1ccccc1)c1ccccc1O. The highest BCUT2D eigenvalue weighted by Crippen LogP contribution is 2.32. The third-order valence-electron chi connectivity index (χ3n) is 3.60. The average Bonchev–Trinajstić information content (AvgIpc) is 2.53. The second kappa shape index (κ2) is 8.48. The summed E-state index contributed by atoms with van der Waals surface area (Å²) in [6, 6.07) is 17.5. The summed E-state index contributed by atoms with van der Waals surface area (Å²) >= 11 is 0. The molecule has 0 aromatic heterocycles. The molecule has 0 heterocycles. The van der Waals surface area contributed by atoms with Gasteiger partial charge in [0.1, 0.15) is 11.9 Å². The van der Waals surface area contributed by atoms with Gasteiger partial charge in [-0.2, -0.15) is 0 Å². The highest BCUT2D eigenvalue weighted by molar-refractivity contribution is 5.39. The molecule has 2 heteroatoms. The van der Waals surface area contributed by atoms with E-state index in [1.54, 1.807) is 6.07 Å². The van der Waals surface area contributed by atoms with Gasteiger partial charge in [0.15, 0.2) is 0 Å². The monoisotopic (exact) mass is 284 g/mol. The molecule has 21 heavy (non-hydrogen) atoms. The molecule has 0 amide bonds. The zero-order valence-electron chi connectivity index (χ0n) is 12.7. The van der Waals surface area contributed by atoms with Gasteiger partial charge in [-0.3, -0.25) is 0 Å². The Morgan fingerprint density at radius 2 is 1.62 bits per heavy atom. The van der Waals surface area contributed by atoms with Gasteiger partial charge in [-0.1, -0.05) is 74.7 Å². The fourth-order valence-corrected chi connectivity index (χ4v) is 2.43. The summed E-state index contributed by atoms with van der Waals surface area (Å²) in [5, 5.41) is 10.1. The fraction of sp³-hybridized carbons (Fsp3) is 0.368. The topological polar surface area (TPSA) is 29.5 Å². The molecule has 0 aliphatic rings. The lowest BCUT2D eigenvalue weighted by atomic mass is 10.0. The first-order chi connectivity index (χ1) is 10.3. The van der Waals surface area contributed by atoms with Crippen LogP contribution < -0.4 is 0 Å². The lowest BCUT2D eigenvalue weighted by Gasteiger charge is -2.20. The van der Waals surface area contributed by atoms with E-state index in [4.69, 9.17) is 4.74 Å². The maximum Gasteiger partial charge on any atom is 0.121 e. The molecule has 0 bridgehead atoms. The van der Waals surface area contributed by atoms with Gasteiger partial charge in [-0.15, -0.1) is 0 Å². The number of para-hydroxylation sites is 1. The Morgan fingerprint density at radius 3 is 2.33 bits per heavy atom. The molecule has 0 saturated heterocycles. The Balaban J connectivity index is 2.10. The quantitative estimate of drug-likeness (QED) is 0.685. The van der Waals surface area contributed by atoms with E-state index in [1.807, 2.05) is 48.5 Å². The lowest BCUT2D eigenvalue weighted by molar-refractivity contribution is 0.0752. The number of phenolic OH excluding ortho intramolecular Hbond substituents is 1. The van der Waals surface area contributed by atoms with Gasteiger partial charge in [-0.05, 0) is 18.1 Å². The molecule has 0 aliphatic carbocycles. The second-order valence-electron chi connectivity index (χ2n) is 5.28. The van der Waals surface area contributed by atoms with Crippen molar-refractivity contribution in [3.63, 3.8) is 0 Å². The number of ether oxygens (including phenoxy) is 1. The molecule has 1 atom stereocenters. The van der Waals surface area contributed by atoms with Crippen molar-refractivity contribution < 1.29 is 9.84 Å². The zero-order chi connectivity index (χ0) is 14.9. The number of hydrogen-bond donors (Lipinski definition) is 1. The molecular weight excluding hydrogens is 260 g/mol. The van der Waals surface area contributed by atoms with Crippen LogP contribution in [-0.2, 0) is 4.74 Å². The Morgan fingerprint density at radius 1 is 0.905 bits per heavy atom. The molecule has 0 spiro atoms. The molecule has 0 aliphatic heterocycles. The number of rotatable bonds is 8. The van der Waals surface area contributed by atoms with E-state index in [9.17, 15) is 5.11 Å². The van der Waals surface area contributed by atoms with E-state index in [0.717, 1.165) is 17.5 Å². The van der Waals surface area contributed by atoms with Crippen molar-refractivity contribution >= 4 is 0 Å². The summed E-state index contributed by atoms with van der Waals surface area (Å²) in [5.74, 6) is 0.292. The highest BCUT2D eigenvalue weighted by Gasteiger charge is 2.17. The first-order valence-corrected chi connectivity index (χ1v) is 7.77. The Bertz CT molecular complexity index is 522. The van der Waals surface area contributed by atoms with E-state index in [-0.39, 0.29) is 6.10 Å². The van der Waals surface area contributed by atoms with Crippen molar-refractivity contribution in [1.29, 1.82) is 0 Å². The molecule has 1 N–H and O–H groups in total. The maximum absolute atomic E-state index is 10.1. The number of benzene rings is 2. The largest absolute Gasteiger partial charge is 0.508 e. The number of phenols is 1. The van der Waals surface area contributed by atoms with Gasteiger partial charge in [0.25, 0.3) is 0 Å². The van der Waals surface area contributed by atoms with Crippen LogP contribution in [-0.4, -0.2) is 11.7 Å². The summed E-state index contributed by atoms with van der Waals surface area (Å²) in [4.78, 5) is 0. The minimum atomic E-state index is -0.200. The van der Waals surface area contributed by atoms with Crippen LogP contribution in [0.15, 0.2) is 54.6 Å². The van der Waals surface area contributed by atoms with Crippen LogP contribution in [0.5, 0.6) is 5.75 Å². The summed E-state index contributed by atoms with van der Waals surface area (Å²) in [5.41, 5.74) is 1.91. The molecule has 1 unspecified atom stereocenters. The van der Waals surface area contributed by atoms with Gasteiger partial charge in [0, 0.05) is 12.2 Å². The lowest BCUT2D eigenvalue weighted by Crippen LogP contribution is -2.07. The van der Waals surface area contributed by atoms with E-state index in [2.05, 4.69) is 6.92 Å². The molecule has 2 aromatic carbocycles. The summed E-state index contributed by atoms with van der Waals surface area (Å²) in [6.45, 7) is 2.92. The minimum absolute atomic E-state index is 0.200. The average molecular weight is 284 g/mol. The first kappa shape index (κ1) is 15.6. The van der Waals surface area contributed by atoms with Crippen LogP contribution >= 0.6 is 0 Å². The van der Waals surface area contributed by atoms with Crippen LogP contribution in [0.3, 0.4) is 0 Å². The van der Waals surface area contributed by atoms with Crippen molar-refractivity contribution in [1.82, 2.24) is 0 Å². The Hall–Kier alpha value is -1.80. The maximum atomic E-state index is 10.1. The summed E-state index contributed by atoms with van der Waals surface area (Å²) in [7, 11) is 0. The van der Waals surface area contributed by atoms with Crippen molar-refractivity contribution in [3.05, 3.63) is 65.7 Å². The molecule has 0 fully saturated rings. The van der Waals surface area contributed by atoms with E-state index in [1.165, 1.54) is 19.3 Å². The van der Waals surface area contributed by atoms with Gasteiger partial charge in [0.05, 0.1) is 0 Å². The number of hydrogen-bond acceptors (Lipinski definition) is 2. The number of aromatic hydroxyl groups is 1. The third kappa shape index (κ3) is 4.61.